The highest BCUT2D eigenvalue weighted by molar-refractivity contribution is 7.18. The third-order valence-corrected chi connectivity index (χ3v) is 6.13. The fourth-order valence-electron chi connectivity index (χ4n) is 2.91. The molecule has 3 rings (SSSR count). The highest BCUT2D eigenvalue weighted by Crippen LogP contribution is 2.25. The molecule has 3 aromatic rings. The van der Waals surface area contributed by atoms with E-state index < -0.39 is 0 Å². The number of carbonyl (C=O) groups is 1. The summed E-state index contributed by atoms with van der Waals surface area (Å²) >= 11 is 7.79. The molecule has 3 heterocycles. The highest BCUT2D eigenvalue weighted by atomic mass is 35.5. The molecule has 1 amide bonds. The number of aryl methyl sites for hydroxylation is 4. The van der Waals surface area contributed by atoms with Crippen molar-refractivity contribution < 1.29 is 4.79 Å². The van der Waals surface area contributed by atoms with Crippen molar-refractivity contribution in [3.63, 3.8) is 0 Å². The van der Waals surface area contributed by atoms with E-state index in [0.717, 1.165) is 35.5 Å². The first-order valence-corrected chi connectivity index (χ1v) is 10.5. The van der Waals surface area contributed by atoms with Gasteiger partial charge >= 0.3 is 0 Å². The quantitative estimate of drug-likeness (QED) is 0.439. The molecule has 0 aliphatic heterocycles. The zero-order chi connectivity index (χ0) is 21.1. The van der Waals surface area contributed by atoms with Gasteiger partial charge in [-0.1, -0.05) is 24.9 Å². The number of fused-ring (bicyclic) bond motifs is 1. The van der Waals surface area contributed by atoms with Gasteiger partial charge in [-0.25, -0.2) is 10.4 Å². The van der Waals surface area contributed by atoms with Gasteiger partial charge in [0.25, 0.3) is 5.56 Å². The second-order valence-electron chi connectivity index (χ2n) is 6.81. The average molecular weight is 435 g/mol. The van der Waals surface area contributed by atoms with E-state index in [4.69, 9.17) is 11.6 Å². The Balaban J connectivity index is 1.68. The van der Waals surface area contributed by atoms with E-state index in [9.17, 15) is 9.59 Å². The van der Waals surface area contributed by atoms with Gasteiger partial charge in [0.1, 0.15) is 15.8 Å². The molecule has 0 spiro atoms. The third-order valence-electron chi connectivity index (χ3n) is 4.63. The summed E-state index contributed by atoms with van der Waals surface area (Å²) in [6.45, 7) is 8.51. The molecular weight excluding hydrogens is 412 g/mol. The molecule has 0 saturated carbocycles. The number of hydrogen-bond acceptors (Lipinski definition) is 6. The second-order valence-corrected chi connectivity index (χ2v) is 8.37. The molecule has 3 aromatic heterocycles. The van der Waals surface area contributed by atoms with Gasteiger partial charge < -0.3 is 4.98 Å². The normalized spacial score (nSPS) is 11.6. The first-order valence-electron chi connectivity index (χ1n) is 9.35. The summed E-state index contributed by atoms with van der Waals surface area (Å²) in [5.74, 6) is -0.0843. The maximum absolute atomic E-state index is 12.3. The molecule has 0 radical (unpaired) electrons. The second kappa shape index (κ2) is 8.87. The number of rotatable bonds is 7. The van der Waals surface area contributed by atoms with Crippen molar-refractivity contribution in [1.82, 2.24) is 25.2 Å². The molecule has 154 valence electrons. The maximum atomic E-state index is 12.3. The minimum Gasteiger partial charge on any atom is -0.309 e. The van der Waals surface area contributed by atoms with E-state index in [1.807, 2.05) is 20.8 Å². The van der Waals surface area contributed by atoms with Crippen molar-refractivity contribution in [3.8, 4) is 0 Å². The van der Waals surface area contributed by atoms with Gasteiger partial charge in [0.2, 0.25) is 5.91 Å². The predicted molar refractivity (Wildman–Crippen MR) is 116 cm³/mol. The van der Waals surface area contributed by atoms with Crippen LogP contribution < -0.4 is 11.0 Å². The van der Waals surface area contributed by atoms with Crippen molar-refractivity contribution in [2.24, 2.45) is 5.10 Å². The van der Waals surface area contributed by atoms with Gasteiger partial charge in [-0.15, -0.1) is 11.3 Å². The molecule has 29 heavy (non-hydrogen) atoms. The molecule has 0 bridgehead atoms. The number of carbonyl (C=O) groups excluding carboxylic acids is 1. The lowest BCUT2D eigenvalue weighted by atomic mass is 10.2. The van der Waals surface area contributed by atoms with E-state index in [-0.39, 0.29) is 17.9 Å². The number of nitrogens with one attached hydrogen (secondary N) is 2. The molecular formula is C19H23ClN6O2S. The van der Waals surface area contributed by atoms with Crippen LogP contribution in [0.15, 0.2) is 9.90 Å². The predicted octanol–water partition coefficient (Wildman–Crippen LogP) is 3.25. The number of aromatic nitrogens is 4. The number of amides is 1. The van der Waals surface area contributed by atoms with Gasteiger partial charge in [-0.2, -0.15) is 10.2 Å². The topological polar surface area (TPSA) is 105 Å². The van der Waals surface area contributed by atoms with Crippen LogP contribution in [0.25, 0.3) is 10.2 Å². The minimum atomic E-state index is -0.388. The molecule has 0 fully saturated rings. The van der Waals surface area contributed by atoms with Crippen LogP contribution in [0.4, 0.5) is 0 Å². The number of hydrogen-bond donors (Lipinski definition) is 2. The monoisotopic (exact) mass is 434 g/mol. The van der Waals surface area contributed by atoms with Crippen molar-refractivity contribution in [2.75, 3.05) is 0 Å². The van der Waals surface area contributed by atoms with Crippen LogP contribution in [0, 0.1) is 20.8 Å². The zero-order valence-corrected chi connectivity index (χ0v) is 18.4. The molecule has 0 aromatic carbocycles. The SMILES string of the molecule is CCCCn1nc(C)c(C=NNC(=O)Cc2nc3sc(C)c(C)c3c(=O)[nH]2)c1Cl. The van der Waals surface area contributed by atoms with Crippen LogP contribution in [0.3, 0.4) is 0 Å². The van der Waals surface area contributed by atoms with Crippen LogP contribution >= 0.6 is 22.9 Å². The Labute approximate surface area is 177 Å². The lowest BCUT2D eigenvalue weighted by Gasteiger charge is -2.01. The number of halogens is 1. The Morgan fingerprint density at radius 1 is 1.38 bits per heavy atom. The lowest BCUT2D eigenvalue weighted by Crippen LogP contribution is -2.23. The van der Waals surface area contributed by atoms with Gasteiger partial charge in [-0.3, -0.25) is 14.3 Å². The number of thiophene rings is 1. The first kappa shape index (κ1) is 21.2. The number of nitrogens with zero attached hydrogens (tertiary/aromatic N) is 4. The molecule has 10 heteroatoms. The van der Waals surface area contributed by atoms with Crippen LogP contribution in [-0.4, -0.2) is 31.9 Å². The Hall–Kier alpha value is -2.52. The summed E-state index contributed by atoms with van der Waals surface area (Å²) in [7, 11) is 0. The number of hydrazone groups is 1. The van der Waals surface area contributed by atoms with Crippen molar-refractivity contribution >= 4 is 45.3 Å². The van der Waals surface area contributed by atoms with Crippen LogP contribution in [0.5, 0.6) is 0 Å². The van der Waals surface area contributed by atoms with Gasteiger partial charge in [0.15, 0.2) is 0 Å². The number of unbranched alkanes of at least 4 members (excludes halogenated alkanes) is 1. The van der Waals surface area contributed by atoms with Crippen LogP contribution in [0.2, 0.25) is 5.15 Å². The molecule has 0 aliphatic rings. The van der Waals surface area contributed by atoms with Crippen LogP contribution in [0.1, 0.15) is 47.3 Å². The van der Waals surface area contributed by atoms with Gasteiger partial charge in [-0.05, 0) is 32.8 Å². The largest absolute Gasteiger partial charge is 0.309 e. The fraction of sp³-hybridized carbons (Fsp3) is 0.421. The molecule has 2 N–H and O–H groups in total. The van der Waals surface area contributed by atoms with Crippen molar-refractivity contribution in [2.45, 2.75) is 53.5 Å². The van der Waals surface area contributed by atoms with Crippen molar-refractivity contribution in [3.05, 3.63) is 43.0 Å². The van der Waals surface area contributed by atoms with E-state index in [1.54, 1.807) is 4.68 Å². The summed E-state index contributed by atoms with van der Waals surface area (Å²) in [5, 5.41) is 9.45. The third kappa shape index (κ3) is 4.56. The summed E-state index contributed by atoms with van der Waals surface area (Å²) in [6, 6.07) is 0. The fourth-order valence-corrected chi connectivity index (χ4v) is 4.27. The summed E-state index contributed by atoms with van der Waals surface area (Å²) in [6.07, 6.45) is 3.42. The Morgan fingerprint density at radius 2 is 2.14 bits per heavy atom. The van der Waals surface area contributed by atoms with Crippen molar-refractivity contribution in [1.29, 1.82) is 0 Å². The maximum Gasteiger partial charge on any atom is 0.259 e. The molecule has 0 saturated heterocycles. The summed E-state index contributed by atoms with van der Waals surface area (Å²) in [4.78, 5) is 33.2. The Bertz CT molecular complexity index is 1140. The van der Waals surface area contributed by atoms with E-state index >= 15 is 0 Å². The summed E-state index contributed by atoms with van der Waals surface area (Å²) < 4.78 is 1.73. The van der Waals surface area contributed by atoms with Gasteiger partial charge in [0, 0.05) is 11.4 Å². The van der Waals surface area contributed by atoms with E-state index in [1.165, 1.54) is 17.6 Å². The molecule has 8 nitrogen and oxygen atoms in total. The van der Waals surface area contributed by atoms with E-state index in [2.05, 4.69) is 32.5 Å². The van der Waals surface area contributed by atoms with Crippen LogP contribution in [-0.2, 0) is 17.8 Å². The number of H-pyrrole nitrogens is 1. The lowest BCUT2D eigenvalue weighted by molar-refractivity contribution is -0.120. The zero-order valence-electron chi connectivity index (χ0n) is 16.8. The Morgan fingerprint density at radius 3 is 2.86 bits per heavy atom. The highest BCUT2D eigenvalue weighted by Gasteiger charge is 2.14. The smallest absolute Gasteiger partial charge is 0.259 e. The molecule has 0 unspecified atom stereocenters. The molecule has 0 atom stereocenters. The molecule has 0 aliphatic carbocycles. The minimum absolute atomic E-state index is 0.0823. The van der Waals surface area contributed by atoms with E-state index in [0.29, 0.717) is 26.8 Å². The Kier molecular flexibility index (Phi) is 6.49. The van der Waals surface area contributed by atoms with Gasteiger partial charge in [0.05, 0.1) is 29.3 Å². The number of aromatic amines is 1. The average Bonchev–Trinajstić information content (AvgIpc) is 3.09. The summed E-state index contributed by atoms with van der Waals surface area (Å²) in [5.41, 5.74) is 4.54. The first-order chi connectivity index (χ1) is 13.8. The standard InChI is InChI=1S/C19H23ClN6O2S/c1-5-6-7-26-17(20)13(11(3)25-26)9-21-24-15(27)8-14-22-18(28)16-10(2)12(4)29-19(16)23-14/h9H,5-8H2,1-4H3,(H,24,27)(H,22,23,28).